The average Bonchev–Trinajstić information content (AvgIpc) is 2.93. The van der Waals surface area contributed by atoms with Crippen LogP contribution in [0.25, 0.3) is 16.8 Å². The minimum atomic E-state index is -0.251. The molecule has 2 aromatic carbocycles. The first-order valence-electron chi connectivity index (χ1n) is 6.38. The largest absolute Gasteiger partial charge is 0.325 e. The molecule has 0 saturated carbocycles. The van der Waals surface area contributed by atoms with E-state index in [1.165, 1.54) is 12.1 Å². The van der Waals surface area contributed by atoms with Gasteiger partial charge in [-0.3, -0.25) is 0 Å². The van der Waals surface area contributed by atoms with Crippen LogP contribution in [0, 0.1) is 5.82 Å². The summed E-state index contributed by atoms with van der Waals surface area (Å²) in [6.45, 7) is 0.363. The zero-order chi connectivity index (χ0) is 13.9. The lowest BCUT2D eigenvalue weighted by atomic mass is 10.1. The van der Waals surface area contributed by atoms with Gasteiger partial charge in [-0.15, -0.1) is 0 Å². The van der Waals surface area contributed by atoms with Gasteiger partial charge in [-0.05, 0) is 29.8 Å². The van der Waals surface area contributed by atoms with Gasteiger partial charge in [-0.2, -0.15) is 5.10 Å². The van der Waals surface area contributed by atoms with Crippen LogP contribution >= 0.6 is 0 Å². The number of benzene rings is 2. The van der Waals surface area contributed by atoms with Crippen molar-refractivity contribution in [3.05, 3.63) is 72.3 Å². The minimum Gasteiger partial charge on any atom is -0.325 e. The Morgan fingerprint density at radius 1 is 1.00 bits per heavy atom. The van der Waals surface area contributed by atoms with Crippen molar-refractivity contribution in [3.63, 3.8) is 0 Å². The SMILES string of the molecule is NCc1c(-c2ccc(F)cc2)cnn1-c1ccccc1. The summed E-state index contributed by atoms with van der Waals surface area (Å²) in [5.41, 5.74) is 9.57. The van der Waals surface area contributed by atoms with Gasteiger partial charge < -0.3 is 5.73 Å². The van der Waals surface area contributed by atoms with Crippen LogP contribution in [0.5, 0.6) is 0 Å². The smallest absolute Gasteiger partial charge is 0.123 e. The van der Waals surface area contributed by atoms with E-state index < -0.39 is 0 Å². The Bertz CT molecular complexity index is 702. The van der Waals surface area contributed by atoms with Gasteiger partial charge in [-0.1, -0.05) is 30.3 Å². The van der Waals surface area contributed by atoms with Crippen molar-refractivity contribution in [1.29, 1.82) is 0 Å². The van der Waals surface area contributed by atoms with Crippen molar-refractivity contribution in [3.8, 4) is 16.8 Å². The molecule has 0 unspecified atom stereocenters. The van der Waals surface area contributed by atoms with Crippen molar-refractivity contribution in [1.82, 2.24) is 9.78 Å². The fraction of sp³-hybridized carbons (Fsp3) is 0.0625. The lowest BCUT2D eigenvalue weighted by molar-refractivity contribution is 0.628. The Kier molecular flexibility index (Phi) is 3.31. The zero-order valence-electron chi connectivity index (χ0n) is 10.8. The van der Waals surface area contributed by atoms with E-state index in [4.69, 9.17) is 5.73 Å². The Labute approximate surface area is 116 Å². The standard InChI is InChI=1S/C16H14FN3/c17-13-8-6-12(7-9-13)15-11-19-20(16(15)10-18)14-4-2-1-3-5-14/h1-9,11H,10,18H2. The van der Waals surface area contributed by atoms with Crippen molar-refractivity contribution < 1.29 is 4.39 Å². The Hall–Kier alpha value is -2.46. The lowest BCUT2D eigenvalue weighted by Crippen LogP contribution is -2.07. The van der Waals surface area contributed by atoms with Gasteiger partial charge in [0.15, 0.2) is 0 Å². The maximum Gasteiger partial charge on any atom is 0.123 e. The third-order valence-corrected chi connectivity index (χ3v) is 3.22. The summed E-state index contributed by atoms with van der Waals surface area (Å²) in [4.78, 5) is 0. The molecule has 100 valence electrons. The Morgan fingerprint density at radius 3 is 2.35 bits per heavy atom. The van der Waals surface area contributed by atoms with Crippen molar-refractivity contribution in [2.75, 3.05) is 0 Å². The van der Waals surface area contributed by atoms with Crippen molar-refractivity contribution >= 4 is 0 Å². The third kappa shape index (κ3) is 2.21. The summed E-state index contributed by atoms with van der Waals surface area (Å²) in [6.07, 6.45) is 1.77. The number of halogens is 1. The fourth-order valence-corrected chi connectivity index (χ4v) is 2.23. The molecular formula is C16H14FN3. The molecule has 0 radical (unpaired) electrons. The second-order valence-corrected chi connectivity index (χ2v) is 4.46. The number of nitrogens with two attached hydrogens (primary N) is 1. The molecule has 3 rings (SSSR count). The first-order valence-corrected chi connectivity index (χ1v) is 6.38. The Morgan fingerprint density at radius 2 is 1.70 bits per heavy atom. The van der Waals surface area contributed by atoms with E-state index in [1.54, 1.807) is 18.3 Å². The summed E-state index contributed by atoms with van der Waals surface area (Å²) in [5.74, 6) is -0.251. The van der Waals surface area contributed by atoms with Gasteiger partial charge in [-0.25, -0.2) is 9.07 Å². The molecule has 20 heavy (non-hydrogen) atoms. The number of para-hydroxylation sites is 1. The predicted molar refractivity (Wildman–Crippen MR) is 76.8 cm³/mol. The highest BCUT2D eigenvalue weighted by atomic mass is 19.1. The normalized spacial score (nSPS) is 10.7. The van der Waals surface area contributed by atoms with Gasteiger partial charge in [0.25, 0.3) is 0 Å². The molecule has 0 atom stereocenters. The predicted octanol–water partition coefficient (Wildman–Crippen LogP) is 3.14. The molecule has 2 N–H and O–H groups in total. The van der Waals surface area contributed by atoms with Crippen LogP contribution in [0.1, 0.15) is 5.69 Å². The first kappa shape index (κ1) is 12.6. The van der Waals surface area contributed by atoms with Crippen LogP contribution < -0.4 is 5.73 Å². The van der Waals surface area contributed by atoms with E-state index in [9.17, 15) is 4.39 Å². The molecule has 4 heteroatoms. The Balaban J connectivity index is 2.10. The number of rotatable bonds is 3. The van der Waals surface area contributed by atoms with Gasteiger partial charge in [0.1, 0.15) is 5.82 Å². The maximum absolute atomic E-state index is 13.0. The third-order valence-electron chi connectivity index (χ3n) is 3.22. The van der Waals surface area contributed by atoms with E-state index in [0.29, 0.717) is 6.54 Å². The summed E-state index contributed by atoms with van der Waals surface area (Å²) < 4.78 is 14.8. The summed E-state index contributed by atoms with van der Waals surface area (Å²) in [6, 6.07) is 16.2. The molecule has 0 amide bonds. The fourth-order valence-electron chi connectivity index (χ4n) is 2.23. The molecule has 0 fully saturated rings. The van der Waals surface area contributed by atoms with E-state index >= 15 is 0 Å². The number of aromatic nitrogens is 2. The monoisotopic (exact) mass is 267 g/mol. The molecule has 0 aliphatic rings. The first-order chi connectivity index (χ1) is 9.79. The van der Waals surface area contributed by atoms with Crippen LogP contribution in [0.4, 0.5) is 4.39 Å². The topological polar surface area (TPSA) is 43.8 Å². The van der Waals surface area contributed by atoms with E-state index in [-0.39, 0.29) is 5.82 Å². The highest BCUT2D eigenvalue weighted by Crippen LogP contribution is 2.25. The molecule has 3 nitrogen and oxygen atoms in total. The van der Waals surface area contributed by atoms with E-state index in [1.807, 2.05) is 35.0 Å². The van der Waals surface area contributed by atoms with E-state index in [0.717, 1.165) is 22.5 Å². The van der Waals surface area contributed by atoms with Gasteiger partial charge in [0.2, 0.25) is 0 Å². The summed E-state index contributed by atoms with van der Waals surface area (Å²) >= 11 is 0. The quantitative estimate of drug-likeness (QED) is 0.792. The minimum absolute atomic E-state index is 0.251. The molecule has 0 spiro atoms. The summed E-state index contributed by atoms with van der Waals surface area (Å²) in [7, 11) is 0. The van der Waals surface area contributed by atoms with Crippen LogP contribution in [0.3, 0.4) is 0 Å². The second-order valence-electron chi connectivity index (χ2n) is 4.46. The highest BCUT2D eigenvalue weighted by molar-refractivity contribution is 5.66. The van der Waals surface area contributed by atoms with Crippen LogP contribution in [0.15, 0.2) is 60.8 Å². The maximum atomic E-state index is 13.0. The second kappa shape index (κ2) is 5.27. The molecular weight excluding hydrogens is 253 g/mol. The van der Waals surface area contributed by atoms with Crippen LogP contribution in [0.2, 0.25) is 0 Å². The molecule has 0 aliphatic carbocycles. The molecule has 0 bridgehead atoms. The van der Waals surface area contributed by atoms with Gasteiger partial charge in [0, 0.05) is 12.1 Å². The highest BCUT2D eigenvalue weighted by Gasteiger charge is 2.12. The van der Waals surface area contributed by atoms with Crippen molar-refractivity contribution in [2.24, 2.45) is 5.73 Å². The van der Waals surface area contributed by atoms with Gasteiger partial charge >= 0.3 is 0 Å². The molecule has 1 heterocycles. The van der Waals surface area contributed by atoms with Crippen LogP contribution in [-0.2, 0) is 6.54 Å². The number of hydrogen-bond acceptors (Lipinski definition) is 2. The molecule has 0 saturated heterocycles. The average molecular weight is 267 g/mol. The van der Waals surface area contributed by atoms with E-state index in [2.05, 4.69) is 5.10 Å². The number of nitrogens with zero attached hydrogens (tertiary/aromatic N) is 2. The van der Waals surface area contributed by atoms with Crippen LogP contribution in [-0.4, -0.2) is 9.78 Å². The molecule has 3 aromatic rings. The lowest BCUT2D eigenvalue weighted by Gasteiger charge is -2.07. The van der Waals surface area contributed by atoms with Gasteiger partial charge in [0.05, 0.1) is 17.6 Å². The number of hydrogen-bond donors (Lipinski definition) is 1. The van der Waals surface area contributed by atoms with Crippen molar-refractivity contribution in [2.45, 2.75) is 6.54 Å². The zero-order valence-corrected chi connectivity index (χ0v) is 10.8. The molecule has 0 aliphatic heterocycles. The molecule has 1 aromatic heterocycles. The summed E-state index contributed by atoms with van der Waals surface area (Å²) in [5, 5.41) is 4.40.